The van der Waals surface area contributed by atoms with Crippen LogP contribution in [0.4, 0.5) is 0 Å². The van der Waals surface area contributed by atoms with Crippen molar-refractivity contribution in [3.8, 4) is 17.2 Å². The molecule has 1 heterocycles. The number of benzene rings is 1. The van der Waals surface area contributed by atoms with Crippen LogP contribution < -0.4 is 19.5 Å². The minimum Gasteiger partial charge on any atom is -0.493 e. The molecule has 0 aliphatic carbocycles. The van der Waals surface area contributed by atoms with Crippen molar-refractivity contribution < 1.29 is 19.0 Å². The number of amides is 1. The van der Waals surface area contributed by atoms with Crippen molar-refractivity contribution >= 4 is 5.91 Å². The van der Waals surface area contributed by atoms with E-state index in [0.29, 0.717) is 29.4 Å². The van der Waals surface area contributed by atoms with E-state index < -0.39 is 0 Å². The fourth-order valence-electron chi connectivity index (χ4n) is 2.19. The zero-order chi connectivity index (χ0) is 16.7. The van der Waals surface area contributed by atoms with Crippen molar-refractivity contribution in [3.63, 3.8) is 0 Å². The maximum absolute atomic E-state index is 12.3. The smallest absolute Gasteiger partial charge is 0.251 e. The third-order valence-electron chi connectivity index (χ3n) is 3.34. The van der Waals surface area contributed by atoms with Gasteiger partial charge in [-0.1, -0.05) is 0 Å². The van der Waals surface area contributed by atoms with Gasteiger partial charge in [-0.15, -0.1) is 0 Å². The second kappa shape index (κ2) is 8.07. The van der Waals surface area contributed by atoms with Gasteiger partial charge in [0.25, 0.3) is 5.91 Å². The van der Waals surface area contributed by atoms with Crippen molar-refractivity contribution in [2.24, 2.45) is 0 Å². The van der Waals surface area contributed by atoms with E-state index in [9.17, 15) is 4.79 Å². The lowest BCUT2D eigenvalue weighted by Gasteiger charge is -2.14. The molecular weight excluding hydrogens is 298 g/mol. The fraction of sp³-hybridized carbons (Fsp3) is 0.375. The first-order valence-corrected chi connectivity index (χ1v) is 7.25. The largest absolute Gasteiger partial charge is 0.493 e. The number of carbonyl (C=O) groups is 1. The highest BCUT2D eigenvalue weighted by Crippen LogP contribution is 2.38. The summed E-state index contributed by atoms with van der Waals surface area (Å²) < 4.78 is 17.6. The van der Waals surface area contributed by atoms with Gasteiger partial charge < -0.3 is 19.5 Å². The molecule has 0 saturated heterocycles. The summed E-state index contributed by atoms with van der Waals surface area (Å²) in [6.07, 6.45) is 4.41. The van der Waals surface area contributed by atoms with E-state index in [2.05, 4.69) is 10.4 Å². The first-order chi connectivity index (χ1) is 11.2. The van der Waals surface area contributed by atoms with Crippen LogP contribution >= 0.6 is 0 Å². The summed E-state index contributed by atoms with van der Waals surface area (Å²) in [6.45, 7) is 1.30. The lowest BCUT2D eigenvalue weighted by atomic mass is 10.1. The van der Waals surface area contributed by atoms with Crippen LogP contribution in [-0.2, 0) is 6.54 Å². The van der Waals surface area contributed by atoms with Gasteiger partial charge in [-0.3, -0.25) is 9.48 Å². The summed E-state index contributed by atoms with van der Waals surface area (Å²) >= 11 is 0. The van der Waals surface area contributed by atoms with Gasteiger partial charge in [-0.05, 0) is 24.6 Å². The first kappa shape index (κ1) is 16.7. The average molecular weight is 319 g/mol. The van der Waals surface area contributed by atoms with Crippen LogP contribution in [0, 0.1) is 0 Å². The fourth-order valence-corrected chi connectivity index (χ4v) is 2.19. The first-order valence-electron chi connectivity index (χ1n) is 7.25. The Bertz CT molecular complexity index is 616. The molecule has 0 bridgehead atoms. The highest BCUT2D eigenvalue weighted by molar-refractivity contribution is 5.95. The topological polar surface area (TPSA) is 74.6 Å². The predicted molar refractivity (Wildman–Crippen MR) is 85.3 cm³/mol. The molecule has 0 atom stereocenters. The van der Waals surface area contributed by atoms with E-state index in [1.165, 1.54) is 21.3 Å². The van der Waals surface area contributed by atoms with Crippen molar-refractivity contribution in [1.29, 1.82) is 0 Å². The van der Waals surface area contributed by atoms with Crippen LogP contribution in [0.15, 0.2) is 30.6 Å². The van der Waals surface area contributed by atoms with Crippen LogP contribution in [0.3, 0.4) is 0 Å². The van der Waals surface area contributed by atoms with Crippen LogP contribution in [0.2, 0.25) is 0 Å². The number of aromatic nitrogens is 2. The van der Waals surface area contributed by atoms with Gasteiger partial charge in [-0.2, -0.15) is 5.10 Å². The van der Waals surface area contributed by atoms with Gasteiger partial charge in [0.1, 0.15) is 0 Å². The number of carbonyl (C=O) groups excluding carboxylic acids is 1. The molecule has 0 aliphatic heterocycles. The summed E-state index contributed by atoms with van der Waals surface area (Å²) in [4.78, 5) is 12.3. The number of aryl methyl sites for hydroxylation is 1. The molecule has 2 rings (SSSR count). The summed E-state index contributed by atoms with van der Waals surface area (Å²) in [5, 5.41) is 6.98. The molecule has 7 heteroatoms. The number of nitrogens with one attached hydrogen (secondary N) is 1. The maximum atomic E-state index is 12.3. The second-order valence-electron chi connectivity index (χ2n) is 4.79. The lowest BCUT2D eigenvalue weighted by Crippen LogP contribution is -2.25. The van der Waals surface area contributed by atoms with Crippen LogP contribution in [-0.4, -0.2) is 43.6 Å². The Morgan fingerprint density at radius 1 is 1.17 bits per heavy atom. The van der Waals surface area contributed by atoms with Gasteiger partial charge in [0, 0.05) is 31.0 Å². The van der Waals surface area contributed by atoms with Crippen molar-refractivity contribution in [2.75, 3.05) is 27.9 Å². The molecule has 0 aliphatic rings. The van der Waals surface area contributed by atoms with E-state index in [1.54, 1.807) is 18.3 Å². The molecule has 1 amide bonds. The molecule has 1 aromatic carbocycles. The number of hydrogen-bond acceptors (Lipinski definition) is 5. The average Bonchev–Trinajstić information content (AvgIpc) is 3.10. The normalized spacial score (nSPS) is 10.2. The zero-order valence-corrected chi connectivity index (χ0v) is 13.5. The predicted octanol–water partition coefficient (Wildman–Crippen LogP) is 1.73. The summed E-state index contributed by atoms with van der Waals surface area (Å²) in [7, 11) is 4.56. The molecule has 1 aromatic heterocycles. The Hall–Kier alpha value is -2.70. The Morgan fingerprint density at radius 2 is 1.87 bits per heavy atom. The Labute approximate surface area is 135 Å². The van der Waals surface area contributed by atoms with E-state index >= 15 is 0 Å². The molecular formula is C16H21N3O4. The third-order valence-corrected chi connectivity index (χ3v) is 3.34. The molecule has 23 heavy (non-hydrogen) atoms. The molecule has 2 aromatic rings. The number of nitrogens with zero attached hydrogens (tertiary/aromatic N) is 2. The summed E-state index contributed by atoms with van der Waals surface area (Å²) in [5.41, 5.74) is 0.457. The van der Waals surface area contributed by atoms with Gasteiger partial charge in [0.15, 0.2) is 11.5 Å². The minimum atomic E-state index is -0.190. The van der Waals surface area contributed by atoms with Gasteiger partial charge >= 0.3 is 0 Å². The van der Waals surface area contributed by atoms with Crippen molar-refractivity contribution in [1.82, 2.24) is 15.1 Å². The SMILES string of the molecule is COc1cc(C(=O)NCCCn2cccn2)cc(OC)c1OC. The molecule has 0 spiro atoms. The highest BCUT2D eigenvalue weighted by atomic mass is 16.5. The number of hydrogen-bond donors (Lipinski definition) is 1. The third kappa shape index (κ3) is 4.15. The summed E-state index contributed by atoms with van der Waals surface area (Å²) in [6, 6.07) is 5.13. The molecule has 0 unspecified atom stereocenters. The van der Waals surface area contributed by atoms with E-state index in [1.807, 2.05) is 16.9 Å². The highest BCUT2D eigenvalue weighted by Gasteiger charge is 2.16. The molecule has 7 nitrogen and oxygen atoms in total. The molecule has 1 N–H and O–H groups in total. The monoisotopic (exact) mass is 319 g/mol. The minimum absolute atomic E-state index is 0.190. The Balaban J connectivity index is 1.98. The van der Waals surface area contributed by atoms with Crippen LogP contribution in [0.5, 0.6) is 17.2 Å². The zero-order valence-electron chi connectivity index (χ0n) is 13.5. The van der Waals surface area contributed by atoms with E-state index in [-0.39, 0.29) is 5.91 Å². The lowest BCUT2D eigenvalue weighted by molar-refractivity contribution is 0.0951. The molecule has 0 saturated carbocycles. The number of ether oxygens (including phenoxy) is 3. The molecule has 0 fully saturated rings. The van der Waals surface area contributed by atoms with Crippen molar-refractivity contribution in [3.05, 3.63) is 36.2 Å². The standard InChI is InChI=1S/C16H21N3O4/c1-21-13-10-12(11-14(22-2)15(13)23-3)16(20)17-6-4-8-19-9-5-7-18-19/h5,7,9-11H,4,6,8H2,1-3H3,(H,17,20). The summed E-state index contributed by atoms with van der Waals surface area (Å²) in [5.74, 6) is 1.18. The quantitative estimate of drug-likeness (QED) is 0.750. The number of rotatable bonds is 8. The van der Waals surface area contributed by atoms with Gasteiger partial charge in [0.05, 0.1) is 21.3 Å². The van der Waals surface area contributed by atoms with E-state index in [4.69, 9.17) is 14.2 Å². The van der Waals surface area contributed by atoms with Gasteiger partial charge in [0.2, 0.25) is 5.75 Å². The maximum Gasteiger partial charge on any atom is 0.251 e. The molecule has 0 radical (unpaired) electrons. The van der Waals surface area contributed by atoms with E-state index in [0.717, 1.165) is 13.0 Å². The Kier molecular flexibility index (Phi) is 5.85. The second-order valence-corrected chi connectivity index (χ2v) is 4.79. The number of methoxy groups -OCH3 is 3. The van der Waals surface area contributed by atoms with Crippen LogP contribution in [0.1, 0.15) is 16.8 Å². The van der Waals surface area contributed by atoms with Crippen molar-refractivity contribution in [2.45, 2.75) is 13.0 Å². The molecule has 124 valence electrons. The van der Waals surface area contributed by atoms with Gasteiger partial charge in [-0.25, -0.2) is 0 Å². The Morgan fingerprint density at radius 3 is 2.39 bits per heavy atom. The van der Waals surface area contributed by atoms with Crippen LogP contribution in [0.25, 0.3) is 0 Å².